The van der Waals surface area contributed by atoms with Crippen LogP contribution in [-0.4, -0.2) is 50.1 Å². The van der Waals surface area contributed by atoms with Crippen LogP contribution in [0.4, 0.5) is 5.82 Å². The van der Waals surface area contributed by atoms with E-state index < -0.39 is 19.5 Å². The minimum atomic E-state index is -3.58. The van der Waals surface area contributed by atoms with Crippen molar-refractivity contribution in [3.63, 3.8) is 0 Å². The molecular weight excluding hydrogens is 459 g/mol. The summed E-state index contributed by atoms with van der Waals surface area (Å²) >= 11 is 0. The molecule has 3 atom stereocenters. The molecule has 0 bridgehead atoms. The number of fused-ring (bicyclic) bond motifs is 1. The van der Waals surface area contributed by atoms with Crippen LogP contribution in [0.25, 0.3) is 11.2 Å². The van der Waals surface area contributed by atoms with Crippen molar-refractivity contribution in [3.8, 4) is 0 Å². The molecular formula is C22H31N6O5P. The van der Waals surface area contributed by atoms with Crippen LogP contribution in [0.15, 0.2) is 43.0 Å². The number of carbonyl (C=O) groups is 1. The number of anilines is 1. The predicted molar refractivity (Wildman–Crippen MR) is 128 cm³/mol. The summed E-state index contributed by atoms with van der Waals surface area (Å²) in [5, 5.41) is 2.80. The van der Waals surface area contributed by atoms with Gasteiger partial charge in [0.15, 0.2) is 11.5 Å². The molecule has 1 unspecified atom stereocenters. The summed E-state index contributed by atoms with van der Waals surface area (Å²) in [5.74, 6) is -0.226. The van der Waals surface area contributed by atoms with Gasteiger partial charge in [0.2, 0.25) is 0 Å². The molecule has 2 aromatic heterocycles. The van der Waals surface area contributed by atoms with E-state index in [0.29, 0.717) is 23.5 Å². The van der Waals surface area contributed by atoms with Gasteiger partial charge in [-0.3, -0.25) is 9.36 Å². The molecule has 3 rings (SSSR count). The van der Waals surface area contributed by atoms with Crippen LogP contribution < -0.4 is 10.8 Å². The summed E-state index contributed by atoms with van der Waals surface area (Å²) in [5.41, 5.74) is 7.77. The van der Waals surface area contributed by atoms with Crippen LogP contribution >= 0.6 is 7.52 Å². The molecule has 3 aromatic rings. The third-order valence-electron chi connectivity index (χ3n) is 4.79. The number of imidazole rings is 1. The van der Waals surface area contributed by atoms with Gasteiger partial charge in [-0.15, -0.1) is 0 Å². The topological polar surface area (TPSA) is 143 Å². The first-order valence-corrected chi connectivity index (χ1v) is 12.8. The van der Waals surface area contributed by atoms with Crippen molar-refractivity contribution < 1.29 is 23.4 Å². The van der Waals surface area contributed by atoms with Crippen LogP contribution in [0.5, 0.6) is 0 Å². The predicted octanol–water partition coefficient (Wildman–Crippen LogP) is 3.11. The Hall–Kier alpha value is -2.85. The van der Waals surface area contributed by atoms with Gasteiger partial charge in [-0.05, 0) is 33.3 Å². The minimum absolute atomic E-state index is 0.0944. The Morgan fingerprint density at radius 3 is 2.59 bits per heavy atom. The van der Waals surface area contributed by atoms with Gasteiger partial charge in [0, 0.05) is 0 Å². The molecule has 0 spiro atoms. The number of hydrogen-bond acceptors (Lipinski definition) is 9. The highest BCUT2D eigenvalue weighted by Crippen LogP contribution is 2.44. The average molecular weight is 491 g/mol. The van der Waals surface area contributed by atoms with Gasteiger partial charge in [-0.2, -0.15) is 0 Å². The number of rotatable bonds is 12. The maximum Gasteiger partial charge on any atom is 0.323 e. The van der Waals surface area contributed by atoms with E-state index in [-0.39, 0.29) is 25.2 Å². The van der Waals surface area contributed by atoms with E-state index in [2.05, 4.69) is 20.0 Å². The van der Waals surface area contributed by atoms with Crippen LogP contribution in [0, 0.1) is 0 Å². The second kappa shape index (κ2) is 11.5. The zero-order valence-electron chi connectivity index (χ0n) is 19.7. The SMILES string of the molecule is CC(C)OC(=O)[C@H](C)NP(=O)(CO[C@H](C)Cn1cnc2c(N)ncnc21)OCc1ccccc1. The number of carbonyl (C=O) groups excluding carboxylic acids is 1. The Labute approximate surface area is 198 Å². The molecule has 184 valence electrons. The fraction of sp³-hybridized carbons (Fsp3) is 0.455. The molecule has 2 heterocycles. The van der Waals surface area contributed by atoms with Crippen molar-refractivity contribution >= 4 is 30.5 Å². The Balaban J connectivity index is 1.67. The van der Waals surface area contributed by atoms with E-state index in [0.717, 1.165) is 5.56 Å². The molecule has 0 radical (unpaired) electrons. The van der Waals surface area contributed by atoms with Crippen molar-refractivity contribution in [2.45, 2.75) is 59.1 Å². The third-order valence-corrected chi connectivity index (χ3v) is 6.61. The van der Waals surface area contributed by atoms with E-state index in [1.807, 2.05) is 37.3 Å². The highest BCUT2D eigenvalue weighted by atomic mass is 31.2. The maximum absolute atomic E-state index is 13.6. The van der Waals surface area contributed by atoms with Crippen molar-refractivity contribution in [1.29, 1.82) is 0 Å². The highest BCUT2D eigenvalue weighted by molar-refractivity contribution is 7.56. The van der Waals surface area contributed by atoms with Crippen molar-refractivity contribution in [3.05, 3.63) is 48.5 Å². The van der Waals surface area contributed by atoms with Gasteiger partial charge in [-0.1, -0.05) is 30.3 Å². The third kappa shape index (κ3) is 7.07. The number of nitrogens with two attached hydrogens (primary N) is 1. The largest absolute Gasteiger partial charge is 0.462 e. The summed E-state index contributed by atoms with van der Waals surface area (Å²) in [6.45, 7) is 7.38. The lowest BCUT2D eigenvalue weighted by Gasteiger charge is -2.25. The molecule has 1 aromatic carbocycles. The van der Waals surface area contributed by atoms with E-state index >= 15 is 0 Å². The summed E-state index contributed by atoms with van der Waals surface area (Å²) in [7, 11) is -3.58. The van der Waals surface area contributed by atoms with Gasteiger partial charge >= 0.3 is 5.97 Å². The highest BCUT2D eigenvalue weighted by Gasteiger charge is 2.31. The Bertz CT molecular complexity index is 1140. The number of nitrogens with zero attached hydrogens (tertiary/aromatic N) is 4. The lowest BCUT2D eigenvalue weighted by Crippen LogP contribution is -2.36. The van der Waals surface area contributed by atoms with Gasteiger partial charge in [0.25, 0.3) is 7.52 Å². The van der Waals surface area contributed by atoms with Crippen molar-refractivity contribution in [2.24, 2.45) is 0 Å². The molecule has 0 aliphatic rings. The van der Waals surface area contributed by atoms with E-state index in [9.17, 15) is 9.36 Å². The second-order valence-corrected chi connectivity index (χ2v) is 10.3. The maximum atomic E-state index is 13.6. The molecule has 3 N–H and O–H groups in total. The van der Waals surface area contributed by atoms with Crippen molar-refractivity contribution in [2.75, 3.05) is 12.1 Å². The second-order valence-electron chi connectivity index (χ2n) is 8.20. The number of hydrogen-bond donors (Lipinski definition) is 2. The van der Waals surface area contributed by atoms with Gasteiger partial charge < -0.3 is 24.3 Å². The number of nitrogens with one attached hydrogen (secondary N) is 1. The normalized spacial score (nSPS) is 15.2. The Morgan fingerprint density at radius 1 is 1.15 bits per heavy atom. The molecule has 11 nitrogen and oxygen atoms in total. The van der Waals surface area contributed by atoms with E-state index in [4.69, 9.17) is 19.7 Å². The van der Waals surface area contributed by atoms with Crippen molar-refractivity contribution in [1.82, 2.24) is 24.6 Å². The summed E-state index contributed by atoms with van der Waals surface area (Å²) in [6, 6.07) is 8.49. The Kier molecular flexibility index (Phi) is 8.73. The number of aromatic nitrogens is 4. The molecule has 0 saturated heterocycles. The van der Waals surface area contributed by atoms with E-state index in [1.165, 1.54) is 6.33 Å². The van der Waals surface area contributed by atoms with Gasteiger partial charge in [-0.25, -0.2) is 20.0 Å². The molecule has 0 fully saturated rings. The number of nitrogen functional groups attached to an aromatic ring is 1. The lowest BCUT2D eigenvalue weighted by atomic mass is 10.2. The zero-order valence-corrected chi connectivity index (χ0v) is 20.6. The van der Waals surface area contributed by atoms with Crippen LogP contribution in [0.3, 0.4) is 0 Å². The summed E-state index contributed by atoms with van der Waals surface area (Å²) < 4.78 is 32.3. The lowest BCUT2D eigenvalue weighted by molar-refractivity contribution is -0.149. The van der Waals surface area contributed by atoms with Crippen LogP contribution in [0.2, 0.25) is 0 Å². The first-order valence-electron chi connectivity index (χ1n) is 11.0. The Morgan fingerprint density at radius 2 is 1.88 bits per heavy atom. The van der Waals surface area contributed by atoms with Crippen LogP contribution in [0.1, 0.15) is 33.3 Å². The first kappa shape index (κ1) is 25.8. The molecule has 0 aliphatic heterocycles. The average Bonchev–Trinajstić information content (AvgIpc) is 3.21. The first-order chi connectivity index (χ1) is 16.2. The monoisotopic (exact) mass is 490 g/mol. The molecule has 0 saturated carbocycles. The standard InChI is InChI=1S/C22H31N6O5P/c1-15(2)33-22(29)17(4)27-34(30,32-11-18-8-6-5-7-9-18)14-31-16(3)10-28-13-26-19-20(23)24-12-25-21(19)28/h5-9,12-13,15-17H,10-11,14H2,1-4H3,(H,27,30)(H2,23,24,25)/t16-,17+,34?/m1/s1. The quantitative estimate of drug-likeness (QED) is 0.287. The summed E-state index contributed by atoms with van der Waals surface area (Å²) in [6.07, 6.45) is 2.06. The molecule has 12 heteroatoms. The van der Waals surface area contributed by atoms with E-state index in [1.54, 1.807) is 31.7 Å². The number of benzene rings is 1. The van der Waals surface area contributed by atoms with Gasteiger partial charge in [0.05, 0.1) is 31.7 Å². The van der Waals surface area contributed by atoms with Gasteiger partial charge in [0.1, 0.15) is 24.2 Å². The molecule has 0 aliphatic carbocycles. The number of esters is 1. The zero-order chi connectivity index (χ0) is 24.7. The van der Waals surface area contributed by atoms with Crippen LogP contribution in [-0.2, 0) is 36.5 Å². The summed E-state index contributed by atoms with van der Waals surface area (Å²) in [4.78, 5) is 24.7. The smallest absolute Gasteiger partial charge is 0.323 e. The molecule has 34 heavy (non-hydrogen) atoms. The molecule has 0 amide bonds. The fourth-order valence-electron chi connectivity index (χ4n) is 3.13. The number of ether oxygens (including phenoxy) is 2. The minimum Gasteiger partial charge on any atom is -0.462 e. The fourth-order valence-corrected chi connectivity index (χ4v) is 4.86.